The lowest BCUT2D eigenvalue weighted by Crippen LogP contribution is -2.12. The summed E-state index contributed by atoms with van der Waals surface area (Å²) in [5.41, 5.74) is 3.27. The molecule has 20 heavy (non-hydrogen) atoms. The Balaban J connectivity index is 1.94. The van der Waals surface area contributed by atoms with Crippen LogP contribution in [0, 0.1) is 0 Å². The Morgan fingerprint density at radius 3 is 3.05 bits per heavy atom. The maximum atomic E-state index is 11.8. The SMILES string of the molecule is O=C1CN=C(c2ccco2)c2c(sc3c2CCCC3)N1. The van der Waals surface area contributed by atoms with E-state index in [9.17, 15) is 4.79 Å². The smallest absolute Gasteiger partial charge is 0.246 e. The Kier molecular flexibility index (Phi) is 2.73. The minimum absolute atomic E-state index is 0.0496. The molecule has 2 aromatic heterocycles. The largest absolute Gasteiger partial charge is 0.463 e. The number of amides is 1. The molecule has 2 aromatic rings. The highest BCUT2D eigenvalue weighted by atomic mass is 32.1. The molecule has 0 atom stereocenters. The highest BCUT2D eigenvalue weighted by Gasteiger charge is 2.28. The van der Waals surface area contributed by atoms with Gasteiger partial charge in [0.2, 0.25) is 5.91 Å². The van der Waals surface area contributed by atoms with E-state index in [2.05, 4.69) is 10.3 Å². The molecule has 102 valence electrons. The lowest BCUT2D eigenvalue weighted by atomic mass is 9.93. The van der Waals surface area contributed by atoms with Gasteiger partial charge in [0.25, 0.3) is 0 Å². The number of rotatable bonds is 1. The van der Waals surface area contributed by atoms with E-state index in [1.165, 1.54) is 23.3 Å². The molecule has 0 fully saturated rings. The zero-order chi connectivity index (χ0) is 13.5. The van der Waals surface area contributed by atoms with Crippen molar-refractivity contribution in [1.82, 2.24) is 0 Å². The number of thiophene rings is 1. The Morgan fingerprint density at radius 2 is 2.20 bits per heavy atom. The van der Waals surface area contributed by atoms with Gasteiger partial charge in [-0.1, -0.05) is 0 Å². The van der Waals surface area contributed by atoms with Gasteiger partial charge in [0, 0.05) is 10.4 Å². The van der Waals surface area contributed by atoms with Crippen molar-refractivity contribution in [3.8, 4) is 0 Å². The monoisotopic (exact) mass is 286 g/mol. The third kappa shape index (κ3) is 1.81. The number of carbonyl (C=O) groups excluding carboxylic acids is 1. The number of carbonyl (C=O) groups is 1. The Morgan fingerprint density at radius 1 is 1.30 bits per heavy atom. The molecule has 0 bridgehead atoms. The summed E-state index contributed by atoms with van der Waals surface area (Å²) in [4.78, 5) is 17.7. The van der Waals surface area contributed by atoms with Gasteiger partial charge in [-0.2, -0.15) is 0 Å². The minimum atomic E-state index is -0.0496. The Labute approximate surface area is 120 Å². The van der Waals surface area contributed by atoms with E-state index in [1.54, 1.807) is 17.6 Å². The molecule has 3 heterocycles. The molecule has 0 aromatic carbocycles. The predicted octanol–water partition coefficient (Wildman–Crippen LogP) is 3.01. The second-order valence-corrected chi connectivity index (χ2v) is 6.21. The van der Waals surface area contributed by atoms with Crippen LogP contribution in [0.15, 0.2) is 27.8 Å². The van der Waals surface area contributed by atoms with Crippen molar-refractivity contribution in [3.63, 3.8) is 0 Å². The molecule has 0 radical (unpaired) electrons. The average molecular weight is 286 g/mol. The lowest BCUT2D eigenvalue weighted by molar-refractivity contribution is -0.114. The summed E-state index contributed by atoms with van der Waals surface area (Å²) >= 11 is 1.70. The predicted molar refractivity (Wildman–Crippen MR) is 78.8 cm³/mol. The molecule has 0 saturated heterocycles. The van der Waals surface area contributed by atoms with Crippen LogP contribution in [0.1, 0.15) is 34.6 Å². The molecule has 5 heteroatoms. The maximum Gasteiger partial charge on any atom is 0.246 e. The summed E-state index contributed by atoms with van der Waals surface area (Å²) in [6.07, 6.45) is 6.25. The summed E-state index contributed by atoms with van der Waals surface area (Å²) in [6.45, 7) is 0.159. The van der Waals surface area contributed by atoms with Crippen molar-refractivity contribution < 1.29 is 9.21 Å². The molecular formula is C15H14N2O2S. The van der Waals surface area contributed by atoms with E-state index in [1.807, 2.05) is 12.1 Å². The zero-order valence-electron chi connectivity index (χ0n) is 10.9. The summed E-state index contributed by atoms with van der Waals surface area (Å²) in [7, 11) is 0. The molecule has 4 rings (SSSR count). The maximum absolute atomic E-state index is 11.8. The number of aliphatic imine (C=N–C) groups is 1. The average Bonchev–Trinajstić information content (AvgIpc) is 3.05. The molecule has 0 spiro atoms. The summed E-state index contributed by atoms with van der Waals surface area (Å²) in [5.74, 6) is 0.695. The standard InChI is InChI=1S/C15H14N2O2S/c18-12-8-16-14(10-5-3-7-19-10)13-9-4-1-2-6-11(9)20-15(13)17-12/h3,5,7H,1-2,4,6,8H2,(H,17,18). The van der Waals surface area contributed by atoms with Crippen LogP contribution in [0.2, 0.25) is 0 Å². The fraction of sp³-hybridized carbons (Fsp3) is 0.333. The van der Waals surface area contributed by atoms with Gasteiger partial charge in [0.05, 0.1) is 6.26 Å². The number of anilines is 1. The number of nitrogens with one attached hydrogen (secondary N) is 1. The number of nitrogens with zero attached hydrogens (tertiary/aromatic N) is 1. The van der Waals surface area contributed by atoms with E-state index in [4.69, 9.17) is 4.42 Å². The van der Waals surface area contributed by atoms with Crippen LogP contribution in [0.4, 0.5) is 5.00 Å². The van der Waals surface area contributed by atoms with Crippen LogP contribution < -0.4 is 5.32 Å². The molecule has 2 aliphatic rings. The van der Waals surface area contributed by atoms with Crippen LogP contribution >= 0.6 is 11.3 Å². The molecule has 0 unspecified atom stereocenters. The van der Waals surface area contributed by atoms with Crippen LogP contribution in [0.25, 0.3) is 0 Å². The molecule has 4 nitrogen and oxygen atoms in total. The highest BCUT2D eigenvalue weighted by molar-refractivity contribution is 7.17. The van der Waals surface area contributed by atoms with Crippen LogP contribution in [-0.4, -0.2) is 18.2 Å². The topological polar surface area (TPSA) is 54.6 Å². The van der Waals surface area contributed by atoms with Gasteiger partial charge in [0.15, 0.2) is 5.76 Å². The van der Waals surface area contributed by atoms with Crippen molar-refractivity contribution in [3.05, 3.63) is 40.2 Å². The Bertz CT molecular complexity index is 698. The van der Waals surface area contributed by atoms with Crippen molar-refractivity contribution in [1.29, 1.82) is 0 Å². The van der Waals surface area contributed by atoms with E-state index in [0.29, 0.717) is 0 Å². The van der Waals surface area contributed by atoms with Crippen LogP contribution in [0.3, 0.4) is 0 Å². The van der Waals surface area contributed by atoms with Gasteiger partial charge in [-0.05, 0) is 43.4 Å². The highest BCUT2D eigenvalue weighted by Crippen LogP contribution is 2.40. The van der Waals surface area contributed by atoms with Crippen molar-refractivity contribution >= 4 is 28.0 Å². The Hall–Kier alpha value is -1.88. The molecular weight excluding hydrogens is 272 g/mol. The first-order valence-electron chi connectivity index (χ1n) is 6.86. The first kappa shape index (κ1) is 11.9. The number of hydrogen-bond donors (Lipinski definition) is 1. The first-order chi connectivity index (χ1) is 9.83. The third-order valence-electron chi connectivity index (χ3n) is 3.80. The molecule has 0 saturated carbocycles. The van der Waals surface area contributed by atoms with Gasteiger partial charge in [0.1, 0.15) is 17.3 Å². The van der Waals surface area contributed by atoms with Crippen molar-refractivity contribution in [2.45, 2.75) is 25.7 Å². The summed E-state index contributed by atoms with van der Waals surface area (Å²) < 4.78 is 5.52. The van der Waals surface area contributed by atoms with Crippen LogP contribution in [-0.2, 0) is 17.6 Å². The van der Waals surface area contributed by atoms with E-state index in [-0.39, 0.29) is 12.5 Å². The van der Waals surface area contributed by atoms with Gasteiger partial charge in [-0.15, -0.1) is 11.3 Å². The fourth-order valence-electron chi connectivity index (χ4n) is 2.91. The third-order valence-corrected chi connectivity index (χ3v) is 5.00. The van der Waals surface area contributed by atoms with Gasteiger partial charge >= 0.3 is 0 Å². The lowest BCUT2D eigenvalue weighted by Gasteiger charge is -2.13. The molecule has 1 amide bonds. The second kappa shape index (κ2) is 4.59. The molecule has 1 N–H and O–H groups in total. The van der Waals surface area contributed by atoms with Gasteiger partial charge < -0.3 is 9.73 Å². The molecule has 1 aliphatic heterocycles. The zero-order valence-corrected chi connectivity index (χ0v) is 11.8. The van der Waals surface area contributed by atoms with E-state index < -0.39 is 0 Å². The van der Waals surface area contributed by atoms with Crippen LogP contribution in [0.5, 0.6) is 0 Å². The normalized spacial score (nSPS) is 17.8. The van der Waals surface area contributed by atoms with Gasteiger partial charge in [-0.3, -0.25) is 9.79 Å². The summed E-state index contributed by atoms with van der Waals surface area (Å²) in [5, 5.41) is 3.93. The van der Waals surface area contributed by atoms with Crippen molar-refractivity contribution in [2.75, 3.05) is 11.9 Å². The second-order valence-electron chi connectivity index (χ2n) is 5.11. The van der Waals surface area contributed by atoms with Gasteiger partial charge in [-0.25, -0.2) is 0 Å². The van der Waals surface area contributed by atoms with E-state index in [0.717, 1.165) is 34.9 Å². The first-order valence-corrected chi connectivity index (χ1v) is 7.67. The van der Waals surface area contributed by atoms with Crippen molar-refractivity contribution in [2.24, 2.45) is 4.99 Å². The number of hydrogen-bond acceptors (Lipinski definition) is 4. The van der Waals surface area contributed by atoms with E-state index >= 15 is 0 Å². The molecule has 1 aliphatic carbocycles. The minimum Gasteiger partial charge on any atom is -0.463 e. The number of fused-ring (bicyclic) bond motifs is 3. The summed E-state index contributed by atoms with van der Waals surface area (Å²) in [6, 6.07) is 3.77. The number of aryl methyl sites for hydroxylation is 1. The quantitative estimate of drug-likeness (QED) is 0.876. The fourth-order valence-corrected chi connectivity index (χ4v) is 4.22. The number of furan rings is 1.